The number of rotatable bonds is 2. The third-order valence-electron chi connectivity index (χ3n) is 5.86. The van der Waals surface area contributed by atoms with Gasteiger partial charge in [-0.1, -0.05) is 18.2 Å². The van der Waals surface area contributed by atoms with Crippen molar-refractivity contribution in [3.63, 3.8) is 0 Å². The van der Waals surface area contributed by atoms with Crippen LogP contribution in [0.25, 0.3) is 0 Å². The van der Waals surface area contributed by atoms with Crippen LogP contribution in [-0.4, -0.2) is 52.9 Å². The zero-order chi connectivity index (χ0) is 15.3. The Hall–Kier alpha value is -1.43. The molecule has 3 heterocycles. The lowest BCUT2D eigenvalue weighted by atomic mass is 9.70. The SMILES string of the molecule is O=C1Nc2ccccc2[C@]12CCN1C[C@@H](O)[C@@H](CCO)C[C@H]12. The molecule has 0 radical (unpaired) electrons. The summed E-state index contributed by atoms with van der Waals surface area (Å²) in [5, 5.41) is 22.6. The summed E-state index contributed by atoms with van der Waals surface area (Å²) < 4.78 is 0. The lowest BCUT2D eigenvalue weighted by molar-refractivity contribution is -0.123. The number of benzene rings is 1. The molecule has 0 aliphatic carbocycles. The molecule has 1 amide bonds. The molecular weight excluding hydrogens is 280 g/mol. The first kappa shape index (κ1) is 14.2. The third-order valence-corrected chi connectivity index (χ3v) is 5.86. The van der Waals surface area contributed by atoms with Gasteiger partial charge in [-0.05, 0) is 36.8 Å². The van der Waals surface area contributed by atoms with E-state index in [-0.39, 0.29) is 24.5 Å². The fourth-order valence-corrected chi connectivity index (χ4v) is 4.75. The monoisotopic (exact) mass is 302 g/mol. The highest BCUT2D eigenvalue weighted by molar-refractivity contribution is 6.07. The maximum atomic E-state index is 12.8. The second kappa shape index (κ2) is 5.05. The van der Waals surface area contributed by atoms with Crippen LogP contribution in [0, 0.1) is 5.92 Å². The highest BCUT2D eigenvalue weighted by Crippen LogP contribution is 2.51. The van der Waals surface area contributed by atoms with Gasteiger partial charge in [0.05, 0.1) is 11.5 Å². The number of amides is 1. The molecule has 2 saturated heterocycles. The molecule has 5 nitrogen and oxygen atoms in total. The largest absolute Gasteiger partial charge is 0.396 e. The van der Waals surface area contributed by atoms with E-state index < -0.39 is 11.5 Å². The Balaban J connectivity index is 1.73. The summed E-state index contributed by atoms with van der Waals surface area (Å²) in [5.41, 5.74) is 1.55. The minimum Gasteiger partial charge on any atom is -0.396 e. The molecule has 0 saturated carbocycles. The van der Waals surface area contributed by atoms with Gasteiger partial charge in [-0.25, -0.2) is 0 Å². The summed E-state index contributed by atoms with van der Waals surface area (Å²) >= 11 is 0. The van der Waals surface area contributed by atoms with E-state index in [2.05, 4.69) is 16.3 Å². The average molecular weight is 302 g/mol. The Bertz CT molecular complexity index is 605. The van der Waals surface area contributed by atoms with Crippen LogP contribution in [0.2, 0.25) is 0 Å². The number of piperidine rings is 1. The fourth-order valence-electron chi connectivity index (χ4n) is 4.75. The summed E-state index contributed by atoms with van der Waals surface area (Å²) in [5.74, 6) is 0.169. The second-order valence-corrected chi connectivity index (χ2v) is 6.81. The van der Waals surface area contributed by atoms with Gasteiger partial charge in [0.2, 0.25) is 5.91 Å². The molecule has 118 valence electrons. The summed E-state index contributed by atoms with van der Waals surface area (Å²) in [6, 6.07) is 8.09. The van der Waals surface area contributed by atoms with E-state index in [1.807, 2.05) is 18.2 Å². The maximum absolute atomic E-state index is 12.8. The van der Waals surface area contributed by atoms with Crippen LogP contribution < -0.4 is 5.32 Å². The number of anilines is 1. The highest BCUT2D eigenvalue weighted by atomic mass is 16.3. The topological polar surface area (TPSA) is 72.8 Å². The minimum absolute atomic E-state index is 0.0711. The molecule has 4 rings (SSSR count). The van der Waals surface area contributed by atoms with Crippen molar-refractivity contribution in [3.05, 3.63) is 29.8 Å². The van der Waals surface area contributed by atoms with Gasteiger partial charge in [0, 0.05) is 31.4 Å². The molecule has 22 heavy (non-hydrogen) atoms. The predicted molar refractivity (Wildman–Crippen MR) is 82.5 cm³/mol. The normalized spacial score (nSPS) is 37.2. The van der Waals surface area contributed by atoms with Crippen LogP contribution in [0.15, 0.2) is 24.3 Å². The van der Waals surface area contributed by atoms with Gasteiger partial charge >= 0.3 is 0 Å². The number of aliphatic hydroxyl groups excluding tert-OH is 2. The smallest absolute Gasteiger partial charge is 0.236 e. The number of nitrogens with zero attached hydrogens (tertiary/aromatic N) is 1. The number of carbonyl (C=O) groups excluding carboxylic acids is 1. The Morgan fingerprint density at radius 2 is 2.18 bits per heavy atom. The summed E-state index contributed by atoms with van der Waals surface area (Å²) in [4.78, 5) is 15.1. The first-order valence-electron chi connectivity index (χ1n) is 8.11. The van der Waals surface area contributed by atoms with Crippen LogP contribution in [0.1, 0.15) is 24.8 Å². The first-order valence-corrected chi connectivity index (χ1v) is 8.11. The van der Waals surface area contributed by atoms with E-state index in [1.165, 1.54) is 0 Å². The number of hydrogen-bond acceptors (Lipinski definition) is 4. The van der Waals surface area contributed by atoms with Gasteiger partial charge in [-0.3, -0.25) is 9.69 Å². The Labute approximate surface area is 129 Å². The van der Waals surface area contributed by atoms with Crippen molar-refractivity contribution in [2.45, 2.75) is 36.8 Å². The Kier molecular flexibility index (Phi) is 3.25. The standard InChI is InChI=1S/C17H22N2O3/c20-8-5-11-9-15-17(6-7-19(15)10-14(11)21)12-3-1-2-4-13(12)18-16(17)22/h1-4,11,14-15,20-21H,5-10H2,(H,18,22)/t11-,14+,15-,17-/m0/s1. The van der Waals surface area contributed by atoms with Crippen molar-refractivity contribution >= 4 is 11.6 Å². The van der Waals surface area contributed by atoms with E-state index in [1.54, 1.807) is 0 Å². The average Bonchev–Trinajstić information content (AvgIpc) is 3.01. The van der Waals surface area contributed by atoms with Gasteiger partial charge in [0.1, 0.15) is 0 Å². The molecule has 1 aromatic carbocycles. The first-order chi connectivity index (χ1) is 10.7. The van der Waals surface area contributed by atoms with Gasteiger partial charge in [-0.2, -0.15) is 0 Å². The molecule has 0 bridgehead atoms. The minimum atomic E-state index is -0.482. The van der Waals surface area contributed by atoms with Crippen LogP contribution in [0.5, 0.6) is 0 Å². The van der Waals surface area contributed by atoms with Crippen molar-refractivity contribution in [1.82, 2.24) is 4.90 Å². The molecule has 0 unspecified atom stereocenters. The number of para-hydroxylation sites is 1. The lowest BCUT2D eigenvalue weighted by Crippen LogP contribution is -2.54. The second-order valence-electron chi connectivity index (χ2n) is 6.81. The number of fused-ring (bicyclic) bond motifs is 4. The molecule has 3 aliphatic rings. The quantitative estimate of drug-likeness (QED) is 0.752. The zero-order valence-corrected chi connectivity index (χ0v) is 12.5. The molecule has 0 aromatic heterocycles. The fraction of sp³-hybridized carbons (Fsp3) is 0.588. The van der Waals surface area contributed by atoms with E-state index in [4.69, 9.17) is 0 Å². The predicted octanol–water partition coefficient (Wildman–Crippen LogP) is 0.714. The maximum Gasteiger partial charge on any atom is 0.236 e. The van der Waals surface area contributed by atoms with E-state index in [0.29, 0.717) is 13.0 Å². The molecule has 1 aromatic rings. The van der Waals surface area contributed by atoms with Crippen molar-refractivity contribution in [2.75, 3.05) is 25.0 Å². The molecular formula is C17H22N2O3. The van der Waals surface area contributed by atoms with Crippen molar-refractivity contribution < 1.29 is 15.0 Å². The van der Waals surface area contributed by atoms with Gasteiger partial charge in [-0.15, -0.1) is 0 Å². The number of carbonyl (C=O) groups is 1. The van der Waals surface area contributed by atoms with Crippen molar-refractivity contribution in [2.24, 2.45) is 5.92 Å². The van der Waals surface area contributed by atoms with Gasteiger partial charge in [0.25, 0.3) is 0 Å². The van der Waals surface area contributed by atoms with Gasteiger partial charge < -0.3 is 15.5 Å². The molecule has 5 heteroatoms. The zero-order valence-electron chi connectivity index (χ0n) is 12.5. The summed E-state index contributed by atoms with van der Waals surface area (Å²) in [6.07, 6.45) is 1.77. The summed E-state index contributed by atoms with van der Waals surface area (Å²) in [7, 11) is 0. The Morgan fingerprint density at radius 1 is 1.36 bits per heavy atom. The van der Waals surface area contributed by atoms with E-state index >= 15 is 0 Å². The van der Waals surface area contributed by atoms with Crippen LogP contribution in [-0.2, 0) is 10.2 Å². The third kappa shape index (κ3) is 1.79. The van der Waals surface area contributed by atoms with Crippen molar-refractivity contribution in [1.29, 1.82) is 0 Å². The molecule has 4 atom stereocenters. The van der Waals surface area contributed by atoms with E-state index in [0.717, 1.165) is 30.6 Å². The Morgan fingerprint density at radius 3 is 3.00 bits per heavy atom. The molecule has 2 fully saturated rings. The summed E-state index contributed by atoms with van der Waals surface area (Å²) in [6.45, 7) is 1.53. The van der Waals surface area contributed by atoms with Crippen LogP contribution >= 0.6 is 0 Å². The lowest BCUT2D eigenvalue weighted by Gasteiger charge is -2.43. The van der Waals surface area contributed by atoms with E-state index in [9.17, 15) is 15.0 Å². The number of aliphatic hydroxyl groups is 2. The molecule has 3 aliphatic heterocycles. The number of hydrogen-bond donors (Lipinski definition) is 3. The molecule has 3 N–H and O–H groups in total. The highest BCUT2D eigenvalue weighted by Gasteiger charge is 2.59. The molecule has 1 spiro atoms. The number of nitrogens with one attached hydrogen (secondary N) is 1. The van der Waals surface area contributed by atoms with Gasteiger partial charge in [0.15, 0.2) is 0 Å². The van der Waals surface area contributed by atoms with Crippen LogP contribution in [0.4, 0.5) is 5.69 Å². The van der Waals surface area contributed by atoms with Crippen LogP contribution in [0.3, 0.4) is 0 Å². The van der Waals surface area contributed by atoms with Crippen molar-refractivity contribution in [3.8, 4) is 0 Å².